The third kappa shape index (κ3) is 3.32. The van der Waals surface area contributed by atoms with Crippen LogP contribution in [0.1, 0.15) is 15.2 Å². The quantitative estimate of drug-likeness (QED) is 0.901. The summed E-state index contributed by atoms with van der Waals surface area (Å²) >= 11 is 7.07. The average molecular weight is 281 g/mol. The lowest BCUT2D eigenvalue weighted by atomic mass is 10.2. The van der Waals surface area contributed by atoms with Gasteiger partial charge in [0, 0.05) is 12.2 Å². The first-order valence-corrected chi connectivity index (χ1v) is 6.68. The van der Waals surface area contributed by atoms with Gasteiger partial charge < -0.3 is 10.6 Å². The predicted octanol–water partition coefficient (Wildman–Crippen LogP) is 3.37. The monoisotopic (exact) mass is 280 g/mol. The van der Waals surface area contributed by atoms with E-state index in [1.165, 1.54) is 11.3 Å². The molecule has 0 aliphatic carbocycles. The molecule has 0 spiro atoms. The number of benzene rings is 1. The number of nitrogens with one attached hydrogen (secondary N) is 2. The lowest BCUT2D eigenvalue weighted by molar-refractivity contribution is 0.103. The summed E-state index contributed by atoms with van der Waals surface area (Å²) in [4.78, 5) is 12.5. The molecule has 1 heterocycles. The van der Waals surface area contributed by atoms with Gasteiger partial charge in [0.05, 0.1) is 9.21 Å². The summed E-state index contributed by atoms with van der Waals surface area (Å²) in [5.74, 6) is -0.131. The number of carbonyl (C=O) groups excluding carboxylic acids is 1. The van der Waals surface area contributed by atoms with Gasteiger partial charge >= 0.3 is 0 Å². The SMILES string of the molecule is CNCc1cccc(NC(=O)c2ccc(Cl)s2)c1. The zero-order valence-electron chi connectivity index (χ0n) is 9.87. The fourth-order valence-corrected chi connectivity index (χ4v) is 2.53. The number of thiophene rings is 1. The Kier molecular flexibility index (Phi) is 4.36. The molecular formula is C13H13ClN2OS. The molecule has 0 atom stereocenters. The Morgan fingerprint density at radius 1 is 1.33 bits per heavy atom. The minimum Gasteiger partial charge on any atom is -0.321 e. The third-order valence-corrected chi connectivity index (χ3v) is 3.59. The van der Waals surface area contributed by atoms with Crippen molar-refractivity contribution in [3.8, 4) is 0 Å². The van der Waals surface area contributed by atoms with Crippen LogP contribution in [0.4, 0.5) is 5.69 Å². The number of amides is 1. The van der Waals surface area contributed by atoms with Gasteiger partial charge in [0.1, 0.15) is 0 Å². The molecule has 0 fully saturated rings. The van der Waals surface area contributed by atoms with Crippen molar-refractivity contribution in [2.24, 2.45) is 0 Å². The van der Waals surface area contributed by atoms with E-state index in [1.807, 2.05) is 31.3 Å². The summed E-state index contributed by atoms with van der Waals surface area (Å²) < 4.78 is 0.615. The Morgan fingerprint density at radius 3 is 2.83 bits per heavy atom. The van der Waals surface area contributed by atoms with Crippen molar-refractivity contribution in [1.82, 2.24) is 5.32 Å². The molecule has 2 N–H and O–H groups in total. The summed E-state index contributed by atoms with van der Waals surface area (Å²) in [6.07, 6.45) is 0. The Bertz CT molecular complexity index is 553. The Morgan fingerprint density at radius 2 is 2.17 bits per heavy atom. The van der Waals surface area contributed by atoms with Crippen molar-refractivity contribution >= 4 is 34.5 Å². The van der Waals surface area contributed by atoms with Gasteiger partial charge in [0.15, 0.2) is 0 Å². The summed E-state index contributed by atoms with van der Waals surface area (Å²) in [7, 11) is 1.89. The van der Waals surface area contributed by atoms with Crippen LogP contribution in [0.2, 0.25) is 4.34 Å². The highest BCUT2D eigenvalue weighted by Crippen LogP contribution is 2.22. The molecule has 0 bridgehead atoms. The van der Waals surface area contributed by atoms with Crippen LogP contribution in [-0.4, -0.2) is 13.0 Å². The first-order chi connectivity index (χ1) is 8.69. The van der Waals surface area contributed by atoms with Crippen LogP contribution in [0.3, 0.4) is 0 Å². The highest BCUT2D eigenvalue weighted by molar-refractivity contribution is 7.18. The van der Waals surface area contributed by atoms with E-state index in [0.717, 1.165) is 17.8 Å². The van der Waals surface area contributed by atoms with Crippen LogP contribution in [0.25, 0.3) is 0 Å². The predicted molar refractivity (Wildman–Crippen MR) is 76.5 cm³/mol. The van der Waals surface area contributed by atoms with Crippen molar-refractivity contribution in [2.45, 2.75) is 6.54 Å². The number of carbonyl (C=O) groups is 1. The molecule has 1 aromatic carbocycles. The molecule has 94 valence electrons. The van der Waals surface area contributed by atoms with Gasteiger partial charge in [-0.1, -0.05) is 23.7 Å². The van der Waals surface area contributed by atoms with E-state index >= 15 is 0 Å². The zero-order valence-corrected chi connectivity index (χ0v) is 11.4. The fraction of sp³-hybridized carbons (Fsp3) is 0.154. The lowest BCUT2D eigenvalue weighted by Gasteiger charge is -2.06. The third-order valence-electron chi connectivity index (χ3n) is 2.36. The summed E-state index contributed by atoms with van der Waals surface area (Å²) in [5.41, 5.74) is 1.91. The van der Waals surface area contributed by atoms with Gasteiger partial charge in [-0.25, -0.2) is 0 Å². The van der Waals surface area contributed by atoms with Crippen molar-refractivity contribution in [3.63, 3.8) is 0 Å². The minimum absolute atomic E-state index is 0.131. The Hall–Kier alpha value is -1.36. The molecule has 1 aromatic heterocycles. The number of hydrogen-bond acceptors (Lipinski definition) is 3. The second-order valence-electron chi connectivity index (χ2n) is 3.79. The molecule has 3 nitrogen and oxygen atoms in total. The van der Waals surface area contributed by atoms with E-state index in [1.54, 1.807) is 12.1 Å². The van der Waals surface area contributed by atoms with Gasteiger partial charge in [0.2, 0.25) is 0 Å². The lowest BCUT2D eigenvalue weighted by Crippen LogP contribution is -2.11. The molecule has 0 unspecified atom stereocenters. The molecule has 0 radical (unpaired) electrons. The highest BCUT2D eigenvalue weighted by atomic mass is 35.5. The van der Waals surface area contributed by atoms with E-state index in [-0.39, 0.29) is 5.91 Å². The van der Waals surface area contributed by atoms with Gasteiger partial charge in [-0.15, -0.1) is 11.3 Å². The largest absolute Gasteiger partial charge is 0.321 e. The number of anilines is 1. The Balaban J connectivity index is 2.09. The summed E-state index contributed by atoms with van der Waals surface area (Å²) in [5, 5.41) is 5.93. The van der Waals surface area contributed by atoms with Gasteiger partial charge in [-0.05, 0) is 36.9 Å². The molecule has 0 saturated carbocycles. The zero-order chi connectivity index (χ0) is 13.0. The van der Waals surface area contributed by atoms with Crippen molar-refractivity contribution in [1.29, 1.82) is 0 Å². The molecule has 18 heavy (non-hydrogen) atoms. The number of hydrogen-bond donors (Lipinski definition) is 2. The van der Waals surface area contributed by atoms with Gasteiger partial charge in [-0.2, -0.15) is 0 Å². The topological polar surface area (TPSA) is 41.1 Å². The molecule has 0 aliphatic rings. The van der Waals surface area contributed by atoms with E-state index in [0.29, 0.717) is 9.21 Å². The molecule has 1 amide bonds. The minimum atomic E-state index is -0.131. The van der Waals surface area contributed by atoms with Crippen LogP contribution in [-0.2, 0) is 6.54 Å². The number of halogens is 1. The van der Waals surface area contributed by atoms with Gasteiger partial charge in [0.25, 0.3) is 5.91 Å². The maximum Gasteiger partial charge on any atom is 0.265 e. The summed E-state index contributed by atoms with van der Waals surface area (Å²) in [6, 6.07) is 11.2. The standard InChI is InChI=1S/C13H13ClN2OS/c1-15-8-9-3-2-4-10(7-9)16-13(17)11-5-6-12(14)18-11/h2-7,15H,8H2,1H3,(H,16,17). The van der Waals surface area contributed by atoms with Crippen molar-refractivity contribution < 1.29 is 4.79 Å². The van der Waals surface area contributed by atoms with Crippen molar-refractivity contribution in [3.05, 3.63) is 51.2 Å². The van der Waals surface area contributed by atoms with Crippen LogP contribution in [0.15, 0.2) is 36.4 Å². The van der Waals surface area contributed by atoms with Gasteiger partial charge in [-0.3, -0.25) is 4.79 Å². The van der Waals surface area contributed by atoms with E-state index in [4.69, 9.17) is 11.6 Å². The maximum atomic E-state index is 11.9. The molecular weight excluding hydrogens is 268 g/mol. The second kappa shape index (κ2) is 6.00. The summed E-state index contributed by atoms with van der Waals surface area (Å²) in [6.45, 7) is 0.772. The number of rotatable bonds is 4. The normalized spacial score (nSPS) is 10.3. The highest BCUT2D eigenvalue weighted by Gasteiger charge is 2.08. The molecule has 5 heteroatoms. The van der Waals surface area contributed by atoms with Crippen LogP contribution < -0.4 is 10.6 Å². The first-order valence-electron chi connectivity index (χ1n) is 5.49. The molecule has 2 rings (SSSR count). The smallest absolute Gasteiger partial charge is 0.265 e. The van der Waals surface area contributed by atoms with E-state index in [9.17, 15) is 4.79 Å². The Labute approximate surface area is 115 Å². The van der Waals surface area contributed by atoms with Crippen LogP contribution in [0.5, 0.6) is 0 Å². The fourth-order valence-electron chi connectivity index (χ4n) is 1.59. The molecule has 0 saturated heterocycles. The first kappa shape index (κ1) is 13.1. The average Bonchev–Trinajstić information content (AvgIpc) is 2.77. The maximum absolute atomic E-state index is 11.9. The van der Waals surface area contributed by atoms with Crippen molar-refractivity contribution in [2.75, 3.05) is 12.4 Å². The molecule has 2 aromatic rings. The van der Waals surface area contributed by atoms with E-state index in [2.05, 4.69) is 10.6 Å². The van der Waals surface area contributed by atoms with Crippen LogP contribution in [0, 0.1) is 0 Å². The molecule has 0 aliphatic heterocycles. The van der Waals surface area contributed by atoms with Crippen LogP contribution >= 0.6 is 22.9 Å². The van der Waals surface area contributed by atoms with E-state index < -0.39 is 0 Å². The second-order valence-corrected chi connectivity index (χ2v) is 5.50.